The van der Waals surface area contributed by atoms with Crippen molar-refractivity contribution in [2.45, 2.75) is 20.8 Å². The second-order valence-corrected chi connectivity index (χ2v) is 5.77. The fourth-order valence-corrected chi connectivity index (χ4v) is 2.25. The topological polar surface area (TPSA) is 0 Å². The molecule has 0 spiro atoms. The number of fused-ring (bicyclic) bond motifs is 1. The summed E-state index contributed by atoms with van der Waals surface area (Å²) >= 11 is 0. The molecule has 0 fully saturated rings. The molecule has 3 aromatic rings. The van der Waals surface area contributed by atoms with Gasteiger partial charge < -0.3 is 0 Å². The molecule has 0 aliphatic rings. The molecule has 0 aliphatic carbocycles. The summed E-state index contributed by atoms with van der Waals surface area (Å²) in [5, 5.41) is 2.69. The molecule has 0 saturated heterocycles. The van der Waals surface area contributed by atoms with E-state index in [1.807, 2.05) is 13.8 Å². The zero-order valence-corrected chi connectivity index (χ0v) is 16.6. The fourth-order valence-electron chi connectivity index (χ4n) is 2.25. The predicted octanol–water partition coefficient (Wildman–Crippen LogP) is 6.67. The number of benzene rings is 2. The summed E-state index contributed by atoms with van der Waals surface area (Å²) in [6, 6.07) is 21.6. The molecule has 3 aromatic carbocycles. The minimum atomic E-state index is 0. The monoisotopic (exact) mass is 377 g/mol. The first-order chi connectivity index (χ1) is 10.5. The molecular formula is C22H23Zr+. The van der Waals surface area contributed by atoms with E-state index in [-0.39, 0.29) is 26.2 Å². The van der Waals surface area contributed by atoms with Gasteiger partial charge in [-0.15, -0.1) is 34.5 Å². The zero-order valence-electron chi connectivity index (χ0n) is 14.2. The van der Waals surface area contributed by atoms with Crippen LogP contribution in [0.15, 0.2) is 85.0 Å². The van der Waals surface area contributed by atoms with E-state index in [4.69, 9.17) is 0 Å². The average molecular weight is 379 g/mol. The largest absolute Gasteiger partial charge is 2.00 e. The summed E-state index contributed by atoms with van der Waals surface area (Å²) in [6.07, 6.45) is 0. The fraction of sp³-hybridized carbons (Fsp3) is 0.136. The van der Waals surface area contributed by atoms with Crippen LogP contribution in [0.1, 0.15) is 19.4 Å². The first-order valence-electron chi connectivity index (χ1n) is 7.52. The number of rotatable bonds is 2. The Kier molecular flexibility index (Phi) is 7.52. The van der Waals surface area contributed by atoms with Gasteiger partial charge in [0.2, 0.25) is 0 Å². The maximum Gasteiger partial charge on any atom is 2.00 e. The van der Waals surface area contributed by atoms with Crippen molar-refractivity contribution in [1.29, 1.82) is 0 Å². The van der Waals surface area contributed by atoms with Gasteiger partial charge >= 0.3 is 26.2 Å². The average Bonchev–Trinajstić information content (AvgIpc) is 2.88. The summed E-state index contributed by atoms with van der Waals surface area (Å²) in [4.78, 5) is 0. The molecule has 1 heteroatoms. The Balaban J connectivity index is 0.000000330. The molecule has 0 atom stereocenters. The molecule has 23 heavy (non-hydrogen) atoms. The molecule has 0 aromatic heterocycles. The molecule has 0 saturated carbocycles. The SMILES string of the molecule is C=C(C)C(=C)C.Cc1cc2c(-c3ccccc3)cccc2[cH-]1.[Zr+2]. The van der Waals surface area contributed by atoms with Crippen LogP contribution in [-0.2, 0) is 26.2 Å². The van der Waals surface area contributed by atoms with Gasteiger partial charge in [0, 0.05) is 0 Å². The van der Waals surface area contributed by atoms with Gasteiger partial charge in [-0.25, -0.2) is 0 Å². The first kappa shape index (κ1) is 19.5. The van der Waals surface area contributed by atoms with Crippen LogP contribution in [0, 0.1) is 6.92 Å². The first-order valence-corrected chi connectivity index (χ1v) is 7.52. The molecule has 0 bridgehead atoms. The van der Waals surface area contributed by atoms with Crippen molar-refractivity contribution in [2.24, 2.45) is 0 Å². The Hall–Kier alpha value is -1.59. The second kappa shape index (κ2) is 8.89. The van der Waals surface area contributed by atoms with E-state index in [0.29, 0.717) is 0 Å². The molecule has 114 valence electrons. The van der Waals surface area contributed by atoms with E-state index >= 15 is 0 Å². The molecule has 0 heterocycles. The van der Waals surface area contributed by atoms with E-state index in [0.717, 1.165) is 11.1 Å². The maximum atomic E-state index is 3.66. The molecule has 0 N–H and O–H groups in total. The van der Waals surface area contributed by atoms with Crippen LogP contribution in [0.25, 0.3) is 21.9 Å². The zero-order chi connectivity index (χ0) is 16.1. The maximum absolute atomic E-state index is 3.66. The third-order valence-corrected chi connectivity index (χ3v) is 3.71. The van der Waals surface area contributed by atoms with E-state index in [1.165, 1.54) is 27.5 Å². The Labute approximate surface area is 159 Å². The van der Waals surface area contributed by atoms with Gasteiger partial charge in [0.25, 0.3) is 0 Å². The Bertz CT molecular complexity index is 779. The van der Waals surface area contributed by atoms with Crippen LogP contribution in [0.3, 0.4) is 0 Å². The number of aryl methyl sites for hydroxylation is 1. The van der Waals surface area contributed by atoms with Gasteiger partial charge in [-0.1, -0.05) is 73.2 Å². The van der Waals surface area contributed by atoms with Gasteiger partial charge in [-0.05, 0) is 19.4 Å². The van der Waals surface area contributed by atoms with E-state index in [2.05, 4.69) is 80.7 Å². The summed E-state index contributed by atoms with van der Waals surface area (Å²) < 4.78 is 0. The van der Waals surface area contributed by atoms with E-state index in [9.17, 15) is 0 Å². The summed E-state index contributed by atoms with van der Waals surface area (Å²) in [5.74, 6) is 0. The molecule has 0 aliphatic heterocycles. The standard InChI is InChI=1S/C16H13.C6H10.Zr/c1-12-10-14-8-5-9-15(16(14)11-12)13-6-3-2-4-7-13;1-5(2)6(3)4;/h2-11H,1H3;1,3H2,2,4H3;/q-1;;+2. The molecule has 0 unspecified atom stereocenters. The molecule has 0 nitrogen and oxygen atoms in total. The number of hydrogen-bond donors (Lipinski definition) is 0. The van der Waals surface area contributed by atoms with Gasteiger partial charge in [0.05, 0.1) is 0 Å². The van der Waals surface area contributed by atoms with Crippen LogP contribution < -0.4 is 0 Å². The Morgan fingerprint density at radius 2 is 1.48 bits per heavy atom. The van der Waals surface area contributed by atoms with Crippen molar-refractivity contribution in [3.8, 4) is 11.1 Å². The van der Waals surface area contributed by atoms with Crippen molar-refractivity contribution in [3.63, 3.8) is 0 Å². The van der Waals surface area contributed by atoms with Gasteiger partial charge in [0.15, 0.2) is 0 Å². The quantitative estimate of drug-likeness (QED) is 0.345. The number of hydrogen-bond acceptors (Lipinski definition) is 0. The Morgan fingerprint density at radius 3 is 2.04 bits per heavy atom. The molecular weight excluding hydrogens is 355 g/mol. The van der Waals surface area contributed by atoms with Crippen molar-refractivity contribution < 1.29 is 26.2 Å². The van der Waals surface area contributed by atoms with Crippen molar-refractivity contribution in [1.82, 2.24) is 0 Å². The third-order valence-electron chi connectivity index (χ3n) is 3.71. The summed E-state index contributed by atoms with van der Waals surface area (Å²) in [5.41, 5.74) is 6.08. The van der Waals surface area contributed by atoms with Gasteiger partial charge in [-0.3, -0.25) is 0 Å². The van der Waals surface area contributed by atoms with E-state index < -0.39 is 0 Å². The summed E-state index contributed by atoms with van der Waals surface area (Å²) in [6.45, 7) is 13.4. The minimum Gasteiger partial charge on any atom is -0.165 e. The van der Waals surface area contributed by atoms with Crippen LogP contribution in [-0.4, -0.2) is 0 Å². The normalized spacial score (nSPS) is 9.52. The van der Waals surface area contributed by atoms with Crippen molar-refractivity contribution in [3.05, 3.63) is 90.5 Å². The number of allylic oxidation sites excluding steroid dienone is 2. The van der Waals surface area contributed by atoms with Crippen LogP contribution in [0.5, 0.6) is 0 Å². The molecule has 0 amide bonds. The van der Waals surface area contributed by atoms with Crippen molar-refractivity contribution >= 4 is 10.8 Å². The molecule has 0 radical (unpaired) electrons. The second-order valence-electron chi connectivity index (χ2n) is 5.77. The van der Waals surface area contributed by atoms with Crippen LogP contribution in [0.2, 0.25) is 0 Å². The predicted molar refractivity (Wildman–Crippen MR) is 99.3 cm³/mol. The smallest absolute Gasteiger partial charge is 0.165 e. The van der Waals surface area contributed by atoms with E-state index in [1.54, 1.807) is 0 Å². The third kappa shape index (κ3) is 5.22. The Morgan fingerprint density at radius 1 is 0.870 bits per heavy atom. The van der Waals surface area contributed by atoms with Crippen LogP contribution in [0.4, 0.5) is 0 Å². The van der Waals surface area contributed by atoms with Crippen molar-refractivity contribution in [2.75, 3.05) is 0 Å². The molecule has 3 rings (SSSR count). The van der Waals surface area contributed by atoms with Gasteiger partial charge in [-0.2, -0.15) is 6.07 Å². The van der Waals surface area contributed by atoms with Gasteiger partial charge in [0.1, 0.15) is 0 Å². The summed E-state index contributed by atoms with van der Waals surface area (Å²) in [7, 11) is 0. The van der Waals surface area contributed by atoms with Crippen LogP contribution >= 0.6 is 0 Å². The minimum absolute atomic E-state index is 0.